The maximum absolute atomic E-state index is 13.7. The third-order valence-corrected chi connectivity index (χ3v) is 8.46. The third kappa shape index (κ3) is 4.56. The van der Waals surface area contributed by atoms with Crippen molar-refractivity contribution in [3.8, 4) is 0 Å². The van der Waals surface area contributed by atoms with E-state index in [-0.39, 0.29) is 37.9 Å². The highest BCUT2D eigenvalue weighted by molar-refractivity contribution is 7.85. The molecule has 0 saturated carbocycles. The molecule has 0 atom stereocenters. The number of amides is 4. The van der Waals surface area contributed by atoms with E-state index in [1.54, 1.807) is 54.6 Å². The summed E-state index contributed by atoms with van der Waals surface area (Å²) in [5.74, 6) is -2.26. The van der Waals surface area contributed by atoms with Gasteiger partial charge in [-0.2, -0.15) is 5.10 Å². The standard InChI is InChI=1S/C33H20N4O7S/c38-30-24-14-16-26-29-27(17-15-25(28(24)29)31(39)36(30)21-4-2-1-3-5-21)33(41)37(32(26)40)22-10-6-19(7-11-22)18-34-35-20-8-12-23(13-9-20)45(42,43)44/h1-18,35H,(H,42,43,44)/p-1/b34-18+. The van der Waals surface area contributed by atoms with Crippen molar-refractivity contribution in [2.45, 2.75) is 4.90 Å². The first-order valence-corrected chi connectivity index (χ1v) is 14.9. The third-order valence-electron chi connectivity index (χ3n) is 7.61. The molecule has 11 nitrogen and oxygen atoms in total. The molecular weight excluding hydrogens is 596 g/mol. The molecule has 2 heterocycles. The molecule has 0 radical (unpaired) electrons. The van der Waals surface area contributed by atoms with Crippen molar-refractivity contribution in [2.75, 3.05) is 15.2 Å². The maximum Gasteiger partial charge on any atom is 0.265 e. The van der Waals surface area contributed by atoms with Gasteiger partial charge in [-0.3, -0.25) is 24.6 Å². The summed E-state index contributed by atoms with van der Waals surface area (Å²) in [7, 11) is -4.55. The molecule has 45 heavy (non-hydrogen) atoms. The first-order chi connectivity index (χ1) is 21.6. The van der Waals surface area contributed by atoms with Crippen LogP contribution in [0.15, 0.2) is 113 Å². The van der Waals surface area contributed by atoms with E-state index >= 15 is 0 Å². The van der Waals surface area contributed by atoms with Gasteiger partial charge in [0.2, 0.25) is 0 Å². The van der Waals surface area contributed by atoms with E-state index in [0.717, 1.165) is 9.80 Å². The Morgan fingerprint density at radius 3 is 1.47 bits per heavy atom. The normalized spacial score (nSPS) is 14.5. The van der Waals surface area contributed by atoms with Crippen LogP contribution < -0.4 is 15.2 Å². The van der Waals surface area contributed by atoms with E-state index < -0.39 is 33.7 Å². The fourth-order valence-corrected chi connectivity index (χ4v) is 5.98. The lowest BCUT2D eigenvalue weighted by atomic mass is 9.85. The monoisotopic (exact) mass is 615 g/mol. The van der Waals surface area contributed by atoms with Gasteiger partial charge in [0.15, 0.2) is 0 Å². The number of para-hydroxylation sites is 1. The predicted molar refractivity (Wildman–Crippen MR) is 165 cm³/mol. The Kier molecular flexibility index (Phi) is 6.39. The second kappa shape index (κ2) is 10.3. The van der Waals surface area contributed by atoms with Gasteiger partial charge in [-0.05, 0) is 78.4 Å². The number of nitrogens with zero attached hydrogens (tertiary/aromatic N) is 3. The van der Waals surface area contributed by atoms with Crippen LogP contribution in [0.1, 0.15) is 47.0 Å². The molecule has 5 aromatic carbocycles. The summed E-state index contributed by atoms with van der Waals surface area (Å²) in [6.07, 6.45) is 1.48. The Labute approximate surface area is 255 Å². The highest BCUT2D eigenvalue weighted by Gasteiger charge is 2.40. The first-order valence-electron chi connectivity index (χ1n) is 13.5. The van der Waals surface area contributed by atoms with Crippen LogP contribution in [0.5, 0.6) is 0 Å². The molecule has 12 heteroatoms. The van der Waals surface area contributed by atoms with Crippen molar-refractivity contribution in [3.05, 3.63) is 131 Å². The van der Waals surface area contributed by atoms with Gasteiger partial charge in [-0.1, -0.05) is 30.3 Å². The van der Waals surface area contributed by atoms with E-state index in [1.807, 2.05) is 0 Å². The number of benzene rings is 5. The van der Waals surface area contributed by atoms with E-state index in [0.29, 0.717) is 22.6 Å². The average Bonchev–Trinajstić information content (AvgIpc) is 3.04. The van der Waals surface area contributed by atoms with Crippen LogP contribution in [0.25, 0.3) is 10.8 Å². The molecular formula is C33H19N4O7S-. The van der Waals surface area contributed by atoms with Crippen molar-refractivity contribution >= 4 is 67.8 Å². The zero-order chi connectivity index (χ0) is 31.5. The zero-order valence-corrected chi connectivity index (χ0v) is 23.8. The molecule has 4 amide bonds. The van der Waals surface area contributed by atoms with Gasteiger partial charge in [-0.15, -0.1) is 0 Å². The Morgan fingerprint density at radius 2 is 1.02 bits per heavy atom. The number of imide groups is 2. The quantitative estimate of drug-likeness (QED) is 0.124. The van der Waals surface area contributed by atoms with Gasteiger partial charge in [0.25, 0.3) is 23.6 Å². The summed E-state index contributed by atoms with van der Waals surface area (Å²) < 4.78 is 33.2. The largest absolute Gasteiger partial charge is 0.744 e. The van der Waals surface area contributed by atoms with Crippen LogP contribution in [0.2, 0.25) is 0 Å². The first kappa shape index (κ1) is 27.8. The number of nitrogens with one attached hydrogen (secondary N) is 1. The Morgan fingerprint density at radius 1 is 0.578 bits per heavy atom. The van der Waals surface area contributed by atoms with Gasteiger partial charge in [-0.25, -0.2) is 18.2 Å². The number of carbonyl (C=O) groups is 4. The topological polar surface area (TPSA) is 156 Å². The molecule has 0 aliphatic carbocycles. The summed E-state index contributed by atoms with van der Waals surface area (Å²) >= 11 is 0. The van der Waals surface area contributed by atoms with Crippen LogP contribution in [-0.2, 0) is 10.1 Å². The molecule has 0 bridgehead atoms. The average molecular weight is 616 g/mol. The minimum absolute atomic E-state index is 0.199. The molecule has 0 spiro atoms. The van der Waals surface area contributed by atoms with Crippen molar-refractivity contribution in [1.29, 1.82) is 0 Å². The number of hydrogen-bond acceptors (Lipinski definition) is 9. The molecule has 0 unspecified atom stereocenters. The minimum atomic E-state index is -4.55. The molecule has 1 N–H and O–H groups in total. The van der Waals surface area contributed by atoms with E-state index in [1.165, 1.54) is 54.7 Å². The van der Waals surface area contributed by atoms with Crippen LogP contribution >= 0.6 is 0 Å². The van der Waals surface area contributed by atoms with Crippen molar-refractivity contribution < 1.29 is 32.1 Å². The van der Waals surface area contributed by atoms with Gasteiger partial charge < -0.3 is 4.55 Å². The summed E-state index contributed by atoms with van der Waals surface area (Å²) in [5, 5.41) is 4.66. The molecule has 220 valence electrons. The minimum Gasteiger partial charge on any atom is -0.744 e. The number of hydrogen-bond donors (Lipinski definition) is 1. The Hall–Kier alpha value is -5.98. The maximum atomic E-state index is 13.7. The van der Waals surface area contributed by atoms with E-state index in [4.69, 9.17) is 0 Å². The second-order valence-corrected chi connectivity index (χ2v) is 11.6. The van der Waals surface area contributed by atoms with Crippen LogP contribution in [0, 0.1) is 0 Å². The van der Waals surface area contributed by atoms with E-state index in [2.05, 4.69) is 10.5 Å². The molecule has 0 fully saturated rings. The summed E-state index contributed by atoms with van der Waals surface area (Å²) in [4.78, 5) is 56.2. The van der Waals surface area contributed by atoms with Crippen molar-refractivity contribution in [2.24, 2.45) is 5.10 Å². The van der Waals surface area contributed by atoms with Gasteiger partial charge in [0.1, 0.15) is 10.1 Å². The lowest BCUT2D eigenvalue weighted by molar-refractivity contribution is 0.0873. The molecule has 5 aromatic rings. The molecule has 7 rings (SSSR count). The number of carbonyl (C=O) groups excluding carboxylic acids is 4. The van der Waals surface area contributed by atoms with Crippen molar-refractivity contribution in [3.63, 3.8) is 0 Å². The summed E-state index contributed by atoms with van der Waals surface area (Å²) in [5.41, 5.74) is 5.39. The number of anilines is 3. The fourth-order valence-electron chi connectivity index (χ4n) is 5.51. The smallest absolute Gasteiger partial charge is 0.265 e. The number of rotatable bonds is 6. The second-order valence-electron chi connectivity index (χ2n) is 10.2. The highest BCUT2D eigenvalue weighted by atomic mass is 32.2. The highest BCUT2D eigenvalue weighted by Crippen LogP contribution is 2.40. The van der Waals surface area contributed by atoms with Crippen molar-refractivity contribution in [1.82, 2.24) is 0 Å². The molecule has 2 aliphatic heterocycles. The summed E-state index contributed by atoms with van der Waals surface area (Å²) in [6, 6.07) is 26.2. The Balaban J connectivity index is 1.16. The molecule has 2 aliphatic rings. The van der Waals surface area contributed by atoms with Gasteiger partial charge in [0.05, 0.1) is 28.2 Å². The lowest BCUT2D eigenvalue weighted by Crippen LogP contribution is -2.43. The van der Waals surface area contributed by atoms with Crippen LogP contribution in [0.3, 0.4) is 0 Å². The predicted octanol–water partition coefficient (Wildman–Crippen LogP) is 4.79. The number of hydrazone groups is 1. The fraction of sp³-hybridized carbons (Fsp3) is 0. The summed E-state index contributed by atoms with van der Waals surface area (Å²) in [6.45, 7) is 0. The molecule has 0 aromatic heterocycles. The van der Waals surface area contributed by atoms with E-state index in [9.17, 15) is 32.1 Å². The Bertz CT molecular complexity index is 2160. The lowest BCUT2D eigenvalue weighted by Gasteiger charge is -2.32. The van der Waals surface area contributed by atoms with Crippen LogP contribution in [0.4, 0.5) is 17.1 Å². The van der Waals surface area contributed by atoms with Gasteiger partial charge >= 0.3 is 0 Å². The molecule has 0 saturated heterocycles. The SMILES string of the molecule is O=C1c2ccc3c4c(ccc(c24)C(=O)N1c1ccccc1)C(=O)N(c1ccc(/C=N/Nc2ccc(S(=O)(=O)[O-])cc2)cc1)C3=O. The van der Waals surface area contributed by atoms with Crippen LogP contribution in [-0.4, -0.2) is 42.8 Å². The van der Waals surface area contributed by atoms with Gasteiger partial charge in [0, 0.05) is 33.0 Å². The zero-order valence-electron chi connectivity index (χ0n) is 23.0.